The van der Waals surface area contributed by atoms with Gasteiger partial charge in [-0.2, -0.15) is 0 Å². The van der Waals surface area contributed by atoms with Crippen molar-refractivity contribution in [1.82, 2.24) is 10.3 Å². The van der Waals surface area contributed by atoms with Gasteiger partial charge in [0, 0.05) is 22.4 Å². The van der Waals surface area contributed by atoms with Crippen molar-refractivity contribution in [2.75, 3.05) is 6.54 Å². The van der Waals surface area contributed by atoms with E-state index in [1.807, 2.05) is 41.8 Å². The quantitative estimate of drug-likeness (QED) is 0.583. The molecule has 0 saturated heterocycles. The Balaban J connectivity index is 1.48. The third-order valence-corrected chi connectivity index (χ3v) is 5.69. The molecule has 2 aromatic heterocycles. The first kappa shape index (κ1) is 15.3. The Morgan fingerprint density at radius 3 is 2.96 bits per heavy atom. The van der Waals surface area contributed by atoms with E-state index >= 15 is 0 Å². The molecule has 4 aromatic rings. The van der Waals surface area contributed by atoms with Crippen LogP contribution in [0, 0.1) is 0 Å². The first-order chi connectivity index (χ1) is 11.7. The molecule has 1 unspecified atom stereocenters. The third-order valence-electron chi connectivity index (χ3n) is 3.92. The van der Waals surface area contributed by atoms with Gasteiger partial charge in [-0.15, -0.1) is 22.7 Å². The van der Waals surface area contributed by atoms with E-state index in [1.165, 1.54) is 11.3 Å². The SMILES string of the molecule is O=C(NCC(O)c1csc2ccccc12)c1ccc2ncsc2c1. The summed E-state index contributed by atoms with van der Waals surface area (Å²) in [6, 6.07) is 13.4. The van der Waals surface area contributed by atoms with Crippen LogP contribution in [0.1, 0.15) is 22.0 Å². The minimum Gasteiger partial charge on any atom is -0.387 e. The summed E-state index contributed by atoms with van der Waals surface area (Å²) in [6.07, 6.45) is -0.725. The zero-order valence-electron chi connectivity index (χ0n) is 12.6. The van der Waals surface area contributed by atoms with Crippen molar-refractivity contribution in [3.63, 3.8) is 0 Å². The van der Waals surface area contributed by atoms with E-state index in [-0.39, 0.29) is 12.5 Å². The summed E-state index contributed by atoms with van der Waals surface area (Å²) in [5.74, 6) is -0.191. The molecule has 0 radical (unpaired) electrons. The van der Waals surface area contributed by atoms with Gasteiger partial charge in [0.05, 0.1) is 21.8 Å². The van der Waals surface area contributed by atoms with Gasteiger partial charge in [0.2, 0.25) is 0 Å². The number of aliphatic hydroxyl groups excluding tert-OH is 1. The smallest absolute Gasteiger partial charge is 0.251 e. The van der Waals surface area contributed by atoms with Crippen LogP contribution >= 0.6 is 22.7 Å². The molecule has 4 rings (SSSR count). The molecule has 0 spiro atoms. The van der Waals surface area contributed by atoms with E-state index in [2.05, 4.69) is 10.3 Å². The number of thiazole rings is 1. The zero-order valence-corrected chi connectivity index (χ0v) is 14.2. The minimum atomic E-state index is -0.725. The number of nitrogens with one attached hydrogen (secondary N) is 1. The number of carbonyl (C=O) groups excluding carboxylic acids is 1. The normalized spacial score (nSPS) is 12.5. The highest BCUT2D eigenvalue weighted by Crippen LogP contribution is 2.30. The van der Waals surface area contributed by atoms with Crippen LogP contribution in [-0.4, -0.2) is 22.5 Å². The van der Waals surface area contributed by atoms with E-state index in [9.17, 15) is 9.90 Å². The molecular weight excluding hydrogens is 340 g/mol. The van der Waals surface area contributed by atoms with Crippen molar-refractivity contribution in [3.8, 4) is 0 Å². The van der Waals surface area contributed by atoms with Gasteiger partial charge < -0.3 is 10.4 Å². The Hall–Kier alpha value is -2.28. The standard InChI is InChI=1S/C18H14N2O2S2/c21-15(13-9-23-16-4-2-1-3-12(13)16)8-19-18(22)11-5-6-14-17(7-11)24-10-20-14/h1-7,9-10,15,21H,8H2,(H,19,22). The molecule has 1 atom stereocenters. The second kappa shape index (κ2) is 6.32. The van der Waals surface area contributed by atoms with E-state index in [1.54, 1.807) is 22.9 Å². The molecule has 2 heterocycles. The number of fused-ring (bicyclic) bond motifs is 2. The Kier molecular flexibility index (Phi) is 4.02. The topological polar surface area (TPSA) is 62.2 Å². The van der Waals surface area contributed by atoms with Crippen LogP contribution < -0.4 is 5.32 Å². The summed E-state index contributed by atoms with van der Waals surface area (Å²) in [5.41, 5.74) is 4.09. The van der Waals surface area contributed by atoms with E-state index in [0.29, 0.717) is 5.56 Å². The summed E-state index contributed by atoms with van der Waals surface area (Å²) in [7, 11) is 0. The largest absolute Gasteiger partial charge is 0.387 e. The Bertz CT molecular complexity index is 1020. The van der Waals surface area contributed by atoms with Gasteiger partial charge in [-0.25, -0.2) is 4.98 Å². The highest BCUT2D eigenvalue weighted by Gasteiger charge is 2.15. The number of hydrogen-bond donors (Lipinski definition) is 2. The summed E-state index contributed by atoms with van der Waals surface area (Å²) >= 11 is 3.10. The maximum Gasteiger partial charge on any atom is 0.251 e. The van der Waals surface area contributed by atoms with Gasteiger partial charge in [0.25, 0.3) is 5.91 Å². The van der Waals surface area contributed by atoms with Gasteiger partial charge in [0.15, 0.2) is 0 Å². The summed E-state index contributed by atoms with van der Waals surface area (Å²) in [4.78, 5) is 16.5. The summed E-state index contributed by atoms with van der Waals surface area (Å²) in [6.45, 7) is 0.181. The first-order valence-corrected chi connectivity index (χ1v) is 9.24. The zero-order chi connectivity index (χ0) is 16.5. The van der Waals surface area contributed by atoms with Crippen LogP contribution in [0.3, 0.4) is 0 Å². The monoisotopic (exact) mass is 354 g/mol. The molecule has 0 aliphatic heterocycles. The molecule has 24 heavy (non-hydrogen) atoms. The average Bonchev–Trinajstić information content (AvgIpc) is 3.25. The molecular formula is C18H14N2O2S2. The van der Waals surface area contributed by atoms with Gasteiger partial charge in [-0.1, -0.05) is 18.2 Å². The lowest BCUT2D eigenvalue weighted by atomic mass is 10.1. The van der Waals surface area contributed by atoms with Crippen molar-refractivity contribution in [2.45, 2.75) is 6.10 Å². The fraction of sp³-hybridized carbons (Fsp3) is 0.111. The molecule has 2 N–H and O–H groups in total. The Morgan fingerprint density at radius 2 is 2.04 bits per heavy atom. The number of carbonyl (C=O) groups is 1. The molecule has 0 aliphatic carbocycles. The molecule has 4 nitrogen and oxygen atoms in total. The van der Waals surface area contributed by atoms with Crippen molar-refractivity contribution in [2.24, 2.45) is 0 Å². The van der Waals surface area contributed by atoms with Crippen LogP contribution in [0.25, 0.3) is 20.3 Å². The van der Waals surface area contributed by atoms with Crippen LogP contribution in [-0.2, 0) is 0 Å². The average molecular weight is 354 g/mol. The number of aliphatic hydroxyl groups is 1. The number of amides is 1. The number of aromatic nitrogens is 1. The predicted molar refractivity (Wildman–Crippen MR) is 98.7 cm³/mol. The molecule has 0 saturated carbocycles. The second-order valence-corrected chi connectivity index (χ2v) is 7.25. The summed E-state index contributed by atoms with van der Waals surface area (Å²) in [5, 5.41) is 16.2. The lowest BCUT2D eigenvalue weighted by molar-refractivity contribution is 0.0917. The highest BCUT2D eigenvalue weighted by molar-refractivity contribution is 7.17. The fourth-order valence-corrected chi connectivity index (χ4v) is 4.38. The molecule has 1 amide bonds. The van der Waals surface area contributed by atoms with Crippen LogP contribution in [0.5, 0.6) is 0 Å². The van der Waals surface area contributed by atoms with Crippen LogP contribution in [0.15, 0.2) is 53.4 Å². The predicted octanol–water partition coefficient (Wildman–Crippen LogP) is 3.97. The maximum atomic E-state index is 12.3. The number of rotatable bonds is 4. The Morgan fingerprint density at radius 1 is 1.17 bits per heavy atom. The molecule has 120 valence electrons. The van der Waals surface area contributed by atoms with E-state index in [4.69, 9.17) is 0 Å². The molecule has 0 aliphatic rings. The van der Waals surface area contributed by atoms with E-state index in [0.717, 1.165) is 25.9 Å². The van der Waals surface area contributed by atoms with Gasteiger partial charge in [0.1, 0.15) is 0 Å². The fourth-order valence-electron chi connectivity index (χ4n) is 2.65. The second-order valence-electron chi connectivity index (χ2n) is 5.45. The molecule has 2 aromatic carbocycles. The third kappa shape index (κ3) is 2.80. The van der Waals surface area contributed by atoms with Crippen molar-refractivity contribution >= 4 is 48.9 Å². The van der Waals surface area contributed by atoms with Crippen molar-refractivity contribution in [1.29, 1.82) is 0 Å². The number of thiophene rings is 1. The van der Waals surface area contributed by atoms with Gasteiger partial charge in [-0.3, -0.25) is 4.79 Å². The highest BCUT2D eigenvalue weighted by atomic mass is 32.1. The first-order valence-electron chi connectivity index (χ1n) is 7.48. The van der Waals surface area contributed by atoms with Crippen LogP contribution in [0.2, 0.25) is 0 Å². The maximum absolute atomic E-state index is 12.3. The number of benzene rings is 2. The van der Waals surface area contributed by atoms with E-state index < -0.39 is 6.10 Å². The summed E-state index contributed by atoms with van der Waals surface area (Å²) < 4.78 is 2.11. The lowest BCUT2D eigenvalue weighted by Gasteiger charge is -2.11. The van der Waals surface area contributed by atoms with Gasteiger partial charge in [-0.05, 0) is 35.0 Å². The Labute approximate surface area is 146 Å². The molecule has 6 heteroatoms. The van der Waals surface area contributed by atoms with Crippen LogP contribution in [0.4, 0.5) is 0 Å². The van der Waals surface area contributed by atoms with Crippen molar-refractivity contribution < 1.29 is 9.90 Å². The molecule has 0 fully saturated rings. The minimum absolute atomic E-state index is 0.181. The number of hydrogen-bond acceptors (Lipinski definition) is 5. The lowest BCUT2D eigenvalue weighted by Crippen LogP contribution is -2.28. The van der Waals surface area contributed by atoms with Gasteiger partial charge >= 0.3 is 0 Å². The number of nitrogens with zero attached hydrogens (tertiary/aromatic N) is 1. The van der Waals surface area contributed by atoms with Crippen molar-refractivity contribution in [3.05, 3.63) is 64.5 Å². The molecule has 0 bridgehead atoms.